The summed E-state index contributed by atoms with van der Waals surface area (Å²) in [6.07, 6.45) is 4.80. The van der Waals surface area contributed by atoms with Crippen LogP contribution in [-0.4, -0.2) is 23.1 Å². The van der Waals surface area contributed by atoms with Crippen LogP contribution in [0.3, 0.4) is 0 Å². The van der Waals surface area contributed by atoms with Gasteiger partial charge in [-0.1, -0.05) is 37.1 Å². The number of rotatable bonds is 8. The van der Waals surface area contributed by atoms with Gasteiger partial charge in [-0.05, 0) is 30.5 Å². The number of anilines is 2. The Morgan fingerprint density at radius 1 is 1.05 bits per heavy atom. The van der Waals surface area contributed by atoms with Gasteiger partial charge in [0.2, 0.25) is 0 Å². The van der Waals surface area contributed by atoms with Crippen LogP contribution in [-0.2, 0) is 6.42 Å². The zero-order chi connectivity index (χ0) is 14.9. The van der Waals surface area contributed by atoms with Gasteiger partial charge in [0.1, 0.15) is 18.0 Å². The fourth-order valence-corrected chi connectivity index (χ4v) is 2.18. The summed E-state index contributed by atoms with van der Waals surface area (Å²) < 4.78 is 0. The highest BCUT2D eigenvalue weighted by Gasteiger charge is 1.99. The van der Waals surface area contributed by atoms with Gasteiger partial charge < -0.3 is 10.6 Å². The van der Waals surface area contributed by atoms with Crippen LogP contribution < -0.4 is 10.6 Å². The van der Waals surface area contributed by atoms with Crippen LogP contribution in [0.1, 0.15) is 25.3 Å². The van der Waals surface area contributed by atoms with E-state index in [1.54, 1.807) is 6.33 Å². The third-order valence-electron chi connectivity index (χ3n) is 3.11. The summed E-state index contributed by atoms with van der Waals surface area (Å²) in [6, 6.07) is 9.86. The van der Waals surface area contributed by atoms with Crippen molar-refractivity contribution in [1.29, 1.82) is 0 Å². The van der Waals surface area contributed by atoms with Gasteiger partial charge >= 0.3 is 0 Å². The first-order valence-corrected chi connectivity index (χ1v) is 7.70. The number of hydrogen-bond acceptors (Lipinski definition) is 4. The van der Waals surface area contributed by atoms with Crippen molar-refractivity contribution in [3.05, 3.63) is 47.2 Å². The first kappa shape index (κ1) is 15.6. The maximum atomic E-state index is 5.97. The summed E-state index contributed by atoms with van der Waals surface area (Å²) in [4.78, 5) is 8.44. The lowest BCUT2D eigenvalue weighted by molar-refractivity contribution is 0.830. The molecular formula is C16H21ClN4. The first-order valence-electron chi connectivity index (χ1n) is 7.32. The van der Waals surface area contributed by atoms with Gasteiger partial charge in [-0.15, -0.1) is 0 Å². The van der Waals surface area contributed by atoms with E-state index >= 15 is 0 Å². The van der Waals surface area contributed by atoms with Crippen molar-refractivity contribution >= 4 is 23.2 Å². The molecule has 0 aliphatic rings. The fourth-order valence-electron chi connectivity index (χ4n) is 1.97. The Kier molecular flexibility index (Phi) is 6.28. The van der Waals surface area contributed by atoms with E-state index in [9.17, 15) is 0 Å². The van der Waals surface area contributed by atoms with Gasteiger partial charge in [0, 0.05) is 24.2 Å². The van der Waals surface area contributed by atoms with Crippen LogP contribution >= 0.6 is 11.6 Å². The van der Waals surface area contributed by atoms with Crippen molar-refractivity contribution in [1.82, 2.24) is 9.97 Å². The van der Waals surface area contributed by atoms with Crippen LogP contribution in [0.25, 0.3) is 0 Å². The van der Waals surface area contributed by atoms with Crippen LogP contribution in [0.2, 0.25) is 5.02 Å². The maximum absolute atomic E-state index is 5.97. The monoisotopic (exact) mass is 304 g/mol. The Balaban J connectivity index is 1.81. The molecule has 0 atom stereocenters. The second kappa shape index (κ2) is 8.47. The average Bonchev–Trinajstić information content (AvgIpc) is 2.48. The number of benzene rings is 1. The molecule has 0 radical (unpaired) electrons. The number of hydrogen-bond donors (Lipinski definition) is 2. The lowest BCUT2D eigenvalue weighted by Crippen LogP contribution is -2.08. The molecule has 4 nitrogen and oxygen atoms in total. The van der Waals surface area contributed by atoms with Gasteiger partial charge in [0.15, 0.2) is 0 Å². The molecule has 0 amide bonds. The van der Waals surface area contributed by atoms with E-state index in [4.69, 9.17) is 11.6 Å². The molecule has 1 heterocycles. The van der Waals surface area contributed by atoms with E-state index in [2.05, 4.69) is 33.6 Å². The minimum absolute atomic E-state index is 0.775. The van der Waals surface area contributed by atoms with Crippen molar-refractivity contribution < 1.29 is 0 Å². The summed E-state index contributed by atoms with van der Waals surface area (Å²) in [5.74, 6) is 1.70. The Bertz CT molecular complexity index is 559. The predicted octanol–water partition coefficient (Wildman–Crippen LogP) is 4.00. The average molecular weight is 305 g/mol. The smallest absolute Gasteiger partial charge is 0.131 e. The molecule has 0 saturated heterocycles. The Morgan fingerprint density at radius 3 is 2.52 bits per heavy atom. The van der Waals surface area contributed by atoms with Crippen molar-refractivity contribution in [3.63, 3.8) is 0 Å². The summed E-state index contributed by atoms with van der Waals surface area (Å²) in [5, 5.41) is 7.38. The highest BCUT2D eigenvalue weighted by Crippen LogP contribution is 2.12. The molecule has 112 valence electrons. The van der Waals surface area contributed by atoms with E-state index in [1.165, 1.54) is 12.0 Å². The van der Waals surface area contributed by atoms with E-state index in [-0.39, 0.29) is 0 Å². The van der Waals surface area contributed by atoms with E-state index in [0.29, 0.717) is 0 Å². The van der Waals surface area contributed by atoms with Crippen molar-refractivity contribution in [3.8, 4) is 0 Å². The molecule has 2 aromatic rings. The number of nitrogens with zero attached hydrogens (tertiary/aromatic N) is 2. The van der Waals surface area contributed by atoms with Crippen molar-refractivity contribution in [2.24, 2.45) is 0 Å². The zero-order valence-electron chi connectivity index (χ0n) is 12.3. The topological polar surface area (TPSA) is 49.8 Å². The number of aromatic nitrogens is 2. The Hall–Kier alpha value is -1.81. The maximum Gasteiger partial charge on any atom is 0.131 e. The van der Waals surface area contributed by atoms with E-state index < -0.39 is 0 Å². The van der Waals surface area contributed by atoms with Gasteiger partial charge in [-0.2, -0.15) is 0 Å². The van der Waals surface area contributed by atoms with Gasteiger partial charge in [-0.25, -0.2) is 9.97 Å². The highest BCUT2D eigenvalue weighted by molar-refractivity contribution is 6.30. The molecular weight excluding hydrogens is 284 g/mol. The highest BCUT2D eigenvalue weighted by atomic mass is 35.5. The molecule has 0 aliphatic heterocycles. The molecule has 0 bridgehead atoms. The lowest BCUT2D eigenvalue weighted by atomic mass is 10.1. The molecule has 1 aromatic heterocycles. The SMILES string of the molecule is CCCCNc1cc(NCCc2cccc(Cl)c2)ncn1. The number of nitrogens with one attached hydrogen (secondary N) is 2. The Labute approximate surface area is 131 Å². The summed E-state index contributed by atoms with van der Waals surface area (Å²) in [5.41, 5.74) is 1.21. The van der Waals surface area contributed by atoms with Gasteiger partial charge in [0.05, 0.1) is 0 Å². The summed E-state index contributed by atoms with van der Waals surface area (Å²) >= 11 is 5.97. The summed E-state index contributed by atoms with van der Waals surface area (Å²) in [6.45, 7) is 3.92. The molecule has 0 unspecified atom stereocenters. The van der Waals surface area contributed by atoms with Crippen molar-refractivity contribution in [2.45, 2.75) is 26.2 Å². The zero-order valence-corrected chi connectivity index (χ0v) is 13.0. The second-order valence-corrected chi connectivity index (χ2v) is 5.31. The van der Waals surface area contributed by atoms with E-state index in [0.717, 1.165) is 42.6 Å². The standard InChI is InChI=1S/C16H21ClN4/c1-2-3-8-18-15-11-16(21-12-20-15)19-9-7-13-5-4-6-14(17)10-13/h4-6,10-12H,2-3,7-9H2,1H3,(H2,18,19,20,21). The normalized spacial score (nSPS) is 10.4. The molecule has 2 N–H and O–H groups in total. The van der Waals surface area contributed by atoms with Crippen LogP contribution in [0.5, 0.6) is 0 Å². The van der Waals surface area contributed by atoms with Gasteiger partial charge in [-0.3, -0.25) is 0 Å². The third-order valence-corrected chi connectivity index (χ3v) is 3.35. The lowest BCUT2D eigenvalue weighted by Gasteiger charge is -2.08. The molecule has 21 heavy (non-hydrogen) atoms. The van der Waals surface area contributed by atoms with Crippen LogP contribution in [0, 0.1) is 0 Å². The molecule has 1 aromatic carbocycles. The van der Waals surface area contributed by atoms with Crippen LogP contribution in [0.4, 0.5) is 11.6 Å². The third kappa shape index (κ3) is 5.60. The minimum atomic E-state index is 0.775. The molecule has 2 rings (SSSR count). The molecule has 0 aliphatic carbocycles. The fraction of sp³-hybridized carbons (Fsp3) is 0.375. The number of halogens is 1. The largest absolute Gasteiger partial charge is 0.370 e. The Morgan fingerprint density at radius 2 is 1.81 bits per heavy atom. The van der Waals surface area contributed by atoms with Gasteiger partial charge in [0.25, 0.3) is 0 Å². The first-order chi connectivity index (χ1) is 10.3. The van der Waals surface area contributed by atoms with Crippen molar-refractivity contribution in [2.75, 3.05) is 23.7 Å². The molecule has 0 saturated carbocycles. The quantitative estimate of drug-likeness (QED) is 0.724. The predicted molar refractivity (Wildman–Crippen MR) is 89.1 cm³/mol. The van der Waals surface area contributed by atoms with Crippen LogP contribution in [0.15, 0.2) is 36.7 Å². The molecule has 0 spiro atoms. The van der Waals surface area contributed by atoms with E-state index in [1.807, 2.05) is 24.3 Å². The molecule has 5 heteroatoms. The number of unbranched alkanes of at least 4 members (excludes halogenated alkanes) is 1. The molecule has 0 fully saturated rings. The minimum Gasteiger partial charge on any atom is -0.370 e. The summed E-state index contributed by atoms with van der Waals surface area (Å²) in [7, 11) is 0. The second-order valence-electron chi connectivity index (χ2n) is 4.88.